The molecule has 0 bridgehead atoms. The van der Waals surface area contributed by atoms with Gasteiger partial charge in [0.15, 0.2) is 23.1 Å². The van der Waals surface area contributed by atoms with E-state index < -0.39 is 52.5 Å². The summed E-state index contributed by atoms with van der Waals surface area (Å²) in [6.45, 7) is 3.37. The number of Topliss-reactive ketones (excluding diaryl/α,β-unsaturated/α-hetero) is 2. The van der Waals surface area contributed by atoms with Gasteiger partial charge in [0.25, 0.3) is 0 Å². The molecule has 0 saturated carbocycles. The lowest BCUT2D eigenvalue weighted by molar-refractivity contribution is 0.0856. The Balaban J connectivity index is 1.77. The molecule has 6 N–H and O–H groups in total. The molecule has 10 heteroatoms. The van der Waals surface area contributed by atoms with Gasteiger partial charge in [0, 0.05) is 35.2 Å². The maximum absolute atomic E-state index is 12.7. The predicted octanol–water partition coefficient (Wildman–Crippen LogP) is 4.60. The first-order valence-electron chi connectivity index (χ1n) is 11.9. The zero-order valence-corrected chi connectivity index (χ0v) is 20.2. The van der Waals surface area contributed by atoms with E-state index in [1.165, 1.54) is 12.1 Å². The Hall–Kier alpha value is -4.86. The molecule has 10 nitrogen and oxygen atoms in total. The Morgan fingerprint density at radius 3 is 1.71 bits per heavy atom. The highest BCUT2D eigenvalue weighted by Gasteiger charge is 2.33. The number of carbonyl (C=O) groups is 2. The van der Waals surface area contributed by atoms with Gasteiger partial charge >= 0.3 is 0 Å². The van der Waals surface area contributed by atoms with Crippen LogP contribution in [0.25, 0.3) is 32.7 Å². The molecule has 0 radical (unpaired) electrons. The minimum absolute atomic E-state index is 0.00339. The molecule has 2 heterocycles. The van der Waals surface area contributed by atoms with Gasteiger partial charge < -0.3 is 40.1 Å². The van der Waals surface area contributed by atoms with E-state index in [1.807, 2.05) is 0 Å². The fraction of sp³-hybridized carbons (Fsp3) is 0.214. The number of ether oxygens (including phenoxy) is 2. The number of benzene rings is 4. The number of fused-ring (bicyclic) bond motifs is 4. The van der Waals surface area contributed by atoms with Crippen molar-refractivity contribution < 1.29 is 49.7 Å². The SMILES string of the molecule is CC1CC(=O)c2c(cc3c(-c4cc(O)c(O)c5c(O)c6c(cc45)OC(C)CC6=O)c(O)cc(O)c3c2O)O1. The molecule has 0 spiro atoms. The van der Waals surface area contributed by atoms with E-state index in [4.69, 9.17) is 9.47 Å². The number of phenolic OH excluding ortho intramolecular Hbond substituents is 6. The highest BCUT2D eigenvalue weighted by Crippen LogP contribution is 2.54. The first-order chi connectivity index (χ1) is 18.0. The van der Waals surface area contributed by atoms with Gasteiger partial charge in [0.2, 0.25) is 0 Å². The number of carbonyl (C=O) groups excluding carboxylic acids is 2. The summed E-state index contributed by atoms with van der Waals surface area (Å²) in [4.78, 5) is 25.4. The van der Waals surface area contributed by atoms with Crippen LogP contribution in [0.3, 0.4) is 0 Å². The van der Waals surface area contributed by atoms with Crippen molar-refractivity contribution in [2.24, 2.45) is 0 Å². The third kappa shape index (κ3) is 3.13. The second kappa shape index (κ2) is 7.82. The second-order valence-electron chi connectivity index (χ2n) is 9.73. The number of phenols is 6. The topological polar surface area (TPSA) is 174 Å². The summed E-state index contributed by atoms with van der Waals surface area (Å²) < 4.78 is 11.6. The van der Waals surface area contributed by atoms with Gasteiger partial charge in [-0.1, -0.05) is 0 Å². The number of rotatable bonds is 1. The maximum Gasteiger partial charge on any atom is 0.174 e. The molecule has 2 unspecified atom stereocenters. The molecule has 0 saturated heterocycles. The van der Waals surface area contributed by atoms with E-state index in [-0.39, 0.29) is 73.9 Å². The van der Waals surface area contributed by atoms with Crippen LogP contribution in [-0.2, 0) is 0 Å². The van der Waals surface area contributed by atoms with E-state index in [1.54, 1.807) is 13.8 Å². The van der Waals surface area contributed by atoms with Gasteiger partial charge in [-0.2, -0.15) is 0 Å². The summed E-state index contributed by atoms with van der Waals surface area (Å²) in [5.41, 5.74) is -0.192. The molecule has 6 rings (SSSR count). The average Bonchev–Trinajstić information content (AvgIpc) is 2.80. The highest BCUT2D eigenvalue weighted by atomic mass is 16.5. The Kier molecular flexibility index (Phi) is 4.84. The zero-order chi connectivity index (χ0) is 27.2. The monoisotopic (exact) mass is 518 g/mol. The number of aromatic hydroxyl groups is 6. The normalized spacial score (nSPS) is 18.7. The number of hydrogen-bond donors (Lipinski definition) is 6. The average molecular weight is 518 g/mol. The van der Waals surface area contributed by atoms with Crippen LogP contribution in [0.15, 0.2) is 24.3 Å². The molecule has 0 aromatic heterocycles. The van der Waals surface area contributed by atoms with Crippen molar-refractivity contribution in [1.29, 1.82) is 0 Å². The molecular formula is C28H22O10. The van der Waals surface area contributed by atoms with Gasteiger partial charge in [0.05, 0.1) is 10.8 Å². The minimum Gasteiger partial charge on any atom is -0.507 e. The van der Waals surface area contributed by atoms with Gasteiger partial charge in [-0.3, -0.25) is 9.59 Å². The molecule has 4 aromatic rings. The largest absolute Gasteiger partial charge is 0.507 e. The second-order valence-corrected chi connectivity index (χ2v) is 9.73. The van der Waals surface area contributed by atoms with Gasteiger partial charge in [-0.25, -0.2) is 0 Å². The zero-order valence-electron chi connectivity index (χ0n) is 20.2. The van der Waals surface area contributed by atoms with E-state index in [0.29, 0.717) is 0 Å². The molecule has 2 aliphatic rings. The van der Waals surface area contributed by atoms with Crippen LogP contribution in [0.4, 0.5) is 0 Å². The Morgan fingerprint density at radius 1 is 0.605 bits per heavy atom. The predicted molar refractivity (Wildman–Crippen MR) is 135 cm³/mol. The van der Waals surface area contributed by atoms with E-state index in [2.05, 4.69) is 0 Å². The first-order valence-corrected chi connectivity index (χ1v) is 11.9. The summed E-state index contributed by atoms with van der Waals surface area (Å²) in [6.07, 6.45) is -0.942. The van der Waals surface area contributed by atoms with Crippen molar-refractivity contribution in [2.45, 2.75) is 38.9 Å². The highest BCUT2D eigenvalue weighted by molar-refractivity contribution is 6.19. The van der Waals surface area contributed by atoms with Crippen molar-refractivity contribution in [2.75, 3.05) is 0 Å². The molecule has 0 fully saturated rings. The summed E-state index contributed by atoms with van der Waals surface area (Å²) >= 11 is 0. The molecular weight excluding hydrogens is 496 g/mol. The molecule has 2 atom stereocenters. The van der Waals surface area contributed by atoms with Crippen LogP contribution in [0.2, 0.25) is 0 Å². The number of ketones is 2. The summed E-state index contributed by atoms with van der Waals surface area (Å²) in [6, 6.07) is 4.90. The van der Waals surface area contributed by atoms with Crippen LogP contribution >= 0.6 is 0 Å². The molecule has 194 valence electrons. The van der Waals surface area contributed by atoms with Gasteiger partial charge in [0.1, 0.15) is 57.8 Å². The van der Waals surface area contributed by atoms with Gasteiger partial charge in [-0.05, 0) is 37.6 Å². The Labute approximate surface area is 214 Å². The Morgan fingerprint density at radius 2 is 1.13 bits per heavy atom. The third-order valence-corrected chi connectivity index (χ3v) is 7.06. The third-order valence-electron chi connectivity index (χ3n) is 7.06. The quantitative estimate of drug-likeness (QED) is 0.195. The fourth-order valence-corrected chi connectivity index (χ4v) is 5.48. The van der Waals surface area contributed by atoms with Gasteiger partial charge in [-0.15, -0.1) is 0 Å². The molecule has 2 aliphatic heterocycles. The van der Waals surface area contributed by atoms with Crippen LogP contribution in [-0.4, -0.2) is 54.4 Å². The van der Waals surface area contributed by atoms with Crippen LogP contribution in [0.5, 0.6) is 46.0 Å². The van der Waals surface area contributed by atoms with E-state index >= 15 is 0 Å². The van der Waals surface area contributed by atoms with Crippen LogP contribution in [0, 0.1) is 0 Å². The Bertz CT molecular complexity index is 1750. The lowest BCUT2D eigenvalue weighted by Crippen LogP contribution is -2.24. The van der Waals surface area contributed by atoms with E-state index in [9.17, 15) is 40.2 Å². The molecule has 0 aliphatic carbocycles. The van der Waals surface area contributed by atoms with Crippen LogP contribution in [0.1, 0.15) is 47.4 Å². The first kappa shape index (κ1) is 23.5. The lowest BCUT2D eigenvalue weighted by Gasteiger charge is -2.26. The standard InChI is InChI=1S/C28H22O10/c1-9-4-15(30)25-19(37-9)6-12-11(5-18(33)26(34)23(12)28(25)36)21-13-7-20-24(14(29)3-10(2)38-20)27(35)22(13)17(32)8-16(21)31/h5-10,31-36H,3-4H2,1-2H3. The fourth-order valence-electron chi connectivity index (χ4n) is 5.48. The summed E-state index contributed by atoms with van der Waals surface area (Å²) in [5, 5.41) is 64.8. The summed E-state index contributed by atoms with van der Waals surface area (Å²) in [7, 11) is 0. The van der Waals surface area contributed by atoms with Crippen LogP contribution < -0.4 is 9.47 Å². The number of hydrogen-bond acceptors (Lipinski definition) is 10. The lowest BCUT2D eigenvalue weighted by atomic mass is 9.87. The molecule has 0 amide bonds. The van der Waals surface area contributed by atoms with Crippen molar-refractivity contribution in [3.8, 4) is 57.1 Å². The molecule has 4 aromatic carbocycles. The maximum atomic E-state index is 12.7. The van der Waals surface area contributed by atoms with Crippen molar-refractivity contribution >= 4 is 33.1 Å². The minimum atomic E-state index is -0.693. The smallest absolute Gasteiger partial charge is 0.174 e. The van der Waals surface area contributed by atoms with E-state index in [0.717, 1.165) is 12.1 Å². The van der Waals surface area contributed by atoms with Crippen molar-refractivity contribution in [3.05, 3.63) is 35.4 Å². The summed E-state index contributed by atoms with van der Waals surface area (Å²) in [5.74, 6) is -4.18. The molecule has 38 heavy (non-hydrogen) atoms. The van der Waals surface area contributed by atoms with Crippen molar-refractivity contribution in [3.63, 3.8) is 0 Å². The van der Waals surface area contributed by atoms with Crippen molar-refractivity contribution in [1.82, 2.24) is 0 Å².